The quantitative estimate of drug-likeness (QED) is 0.535. The molecule has 0 fully saturated rings. The second kappa shape index (κ2) is 7.36. The minimum atomic E-state index is -4.26. The van der Waals surface area contributed by atoms with Crippen LogP contribution in [0.25, 0.3) is 0 Å². The molecule has 7 heteroatoms. The van der Waals surface area contributed by atoms with Crippen LogP contribution in [0.4, 0.5) is 8.78 Å². The molecular weight excluding hydrogens is 349 g/mol. The minimum absolute atomic E-state index is 0.221. The standard InChI is InChI=1S/C18H13F2O4P/c19-14-11-15(20)13-18(12-14)24-25(21,22-16-7-3-1-4-8-16)23-17-9-5-2-6-10-17/h1-13H. The fourth-order valence-corrected chi connectivity index (χ4v) is 3.22. The molecule has 0 radical (unpaired) electrons. The lowest BCUT2D eigenvalue weighted by Crippen LogP contribution is -2.07. The van der Waals surface area contributed by atoms with E-state index in [4.69, 9.17) is 13.6 Å². The third-order valence-electron chi connectivity index (χ3n) is 2.97. The van der Waals surface area contributed by atoms with Crippen molar-refractivity contribution >= 4 is 7.82 Å². The predicted molar refractivity (Wildman–Crippen MR) is 88.7 cm³/mol. The molecule has 0 spiro atoms. The van der Waals surface area contributed by atoms with Crippen molar-refractivity contribution in [3.8, 4) is 17.2 Å². The van der Waals surface area contributed by atoms with Crippen molar-refractivity contribution in [3.63, 3.8) is 0 Å². The Morgan fingerprint density at radius 2 is 1.00 bits per heavy atom. The Morgan fingerprint density at radius 1 is 0.600 bits per heavy atom. The number of phosphoric ester groups is 1. The van der Waals surface area contributed by atoms with Gasteiger partial charge in [-0.1, -0.05) is 36.4 Å². The van der Waals surface area contributed by atoms with Crippen LogP contribution < -0.4 is 13.6 Å². The van der Waals surface area contributed by atoms with E-state index in [1.807, 2.05) is 0 Å². The third kappa shape index (κ3) is 4.81. The molecule has 25 heavy (non-hydrogen) atoms. The van der Waals surface area contributed by atoms with Crippen LogP contribution in [0.2, 0.25) is 0 Å². The Hall–Kier alpha value is -2.85. The van der Waals surface area contributed by atoms with Crippen LogP contribution in [0.1, 0.15) is 0 Å². The zero-order chi connectivity index (χ0) is 17.7. The SMILES string of the molecule is O=P(Oc1ccccc1)(Oc1ccccc1)Oc1cc(F)cc(F)c1. The molecule has 0 bridgehead atoms. The molecular formula is C18H13F2O4P. The van der Waals surface area contributed by atoms with Crippen molar-refractivity contribution in [2.24, 2.45) is 0 Å². The highest BCUT2D eigenvalue weighted by molar-refractivity contribution is 7.49. The van der Waals surface area contributed by atoms with E-state index in [1.54, 1.807) is 60.7 Å². The summed E-state index contributed by atoms with van der Waals surface area (Å²) < 4.78 is 55.7. The van der Waals surface area contributed by atoms with E-state index in [2.05, 4.69) is 0 Å². The van der Waals surface area contributed by atoms with Gasteiger partial charge in [-0.2, -0.15) is 4.57 Å². The van der Waals surface area contributed by atoms with Crippen molar-refractivity contribution < 1.29 is 26.9 Å². The van der Waals surface area contributed by atoms with Gasteiger partial charge in [0.2, 0.25) is 0 Å². The highest BCUT2D eigenvalue weighted by Crippen LogP contribution is 2.49. The van der Waals surface area contributed by atoms with Crippen molar-refractivity contribution in [2.75, 3.05) is 0 Å². The summed E-state index contributed by atoms with van der Waals surface area (Å²) in [5.74, 6) is -1.62. The molecule has 0 amide bonds. The molecule has 0 unspecified atom stereocenters. The third-order valence-corrected chi connectivity index (χ3v) is 4.28. The van der Waals surface area contributed by atoms with Gasteiger partial charge in [0.15, 0.2) is 0 Å². The molecule has 0 heterocycles. The molecule has 0 aliphatic heterocycles. The highest BCUT2D eigenvalue weighted by Gasteiger charge is 2.33. The van der Waals surface area contributed by atoms with Gasteiger partial charge in [0.05, 0.1) is 0 Å². The summed E-state index contributed by atoms with van der Waals surface area (Å²) >= 11 is 0. The largest absolute Gasteiger partial charge is 0.647 e. The fraction of sp³-hybridized carbons (Fsp3) is 0. The summed E-state index contributed by atoms with van der Waals surface area (Å²) in [6.45, 7) is 0. The fourth-order valence-electron chi connectivity index (χ4n) is 1.99. The van der Waals surface area contributed by atoms with Crippen molar-refractivity contribution in [1.82, 2.24) is 0 Å². The first-order valence-corrected chi connectivity index (χ1v) is 8.73. The van der Waals surface area contributed by atoms with Gasteiger partial charge in [0.1, 0.15) is 28.9 Å². The van der Waals surface area contributed by atoms with Gasteiger partial charge >= 0.3 is 7.82 Å². The number of para-hydroxylation sites is 2. The first-order valence-electron chi connectivity index (χ1n) is 7.27. The van der Waals surface area contributed by atoms with Crippen molar-refractivity contribution in [1.29, 1.82) is 0 Å². The molecule has 0 aromatic heterocycles. The van der Waals surface area contributed by atoms with Crippen LogP contribution in [-0.2, 0) is 4.57 Å². The Morgan fingerprint density at radius 3 is 1.44 bits per heavy atom. The van der Waals surface area contributed by atoms with E-state index in [9.17, 15) is 13.3 Å². The highest BCUT2D eigenvalue weighted by atomic mass is 31.2. The smallest absolute Gasteiger partial charge is 0.386 e. The van der Waals surface area contributed by atoms with Crippen LogP contribution >= 0.6 is 7.82 Å². The zero-order valence-corrected chi connectivity index (χ0v) is 13.7. The zero-order valence-electron chi connectivity index (χ0n) is 12.8. The lowest BCUT2D eigenvalue weighted by Gasteiger charge is -2.19. The number of hydrogen-bond donors (Lipinski definition) is 0. The van der Waals surface area contributed by atoms with Gasteiger partial charge in [-0.25, -0.2) is 8.78 Å². The monoisotopic (exact) mass is 362 g/mol. The van der Waals surface area contributed by atoms with Gasteiger partial charge in [-0.3, -0.25) is 0 Å². The molecule has 0 saturated carbocycles. The van der Waals surface area contributed by atoms with E-state index in [0.717, 1.165) is 12.1 Å². The van der Waals surface area contributed by atoms with Gasteiger partial charge in [-0.15, -0.1) is 0 Å². The maximum absolute atomic E-state index is 13.4. The van der Waals surface area contributed by atoms with E-state index >= 15 is 0 Å². The van der Waals surface area contributed by atoms with E-state index in [0.29, 0.717) is 6.07 Å². The Kier molecular flexibility index (Phi) is 5.00. The van der Waals surface area contributed by atoms with Gasteiger partial charge in [0, 0.05) is 18.2 Å². The summed E-state index contributed by atoms with van der Waals surface area (Å²) in [5, 5.41) is 0. The van der Waals surface area contributed by atoms with Gasteiger partial charge in [0.25, 0.3) is 0 Å². The lowest BCUT2D eigenvalue weighted by atomic mass is 10.3. The summed E-state index contributed by atoms with van der Waals surface area (Å²) in [4.78, 5) is 0. The second-order valence-corrected chi connectivity index (χ2v) is 6.39. The molecule has 0 aliphatic rings. The van der Waals surface area contributed by atoms with Crippen LogP contribution in [-0.4, -0.2) is 0 Å². The predicted octanol–water partition coefficient (Wildman–Crippen LogP) is 5.61. The van der Waals surface area contributed by atoms with Crippen molar-refractivity contribution in [2.45, 2.75) is 0 Å². The summed E-state index contributed by atoms with van der Waals surface area (Å²) in [7, 11) is -4.26. The normalized spacial score (nSPS) is 11.0. The molecule has 3 aromatic rings. The minimum Gasteiger partial charge on any atom is -0.386 e. The summed E-state index contributed by atoms with van der Waals surface area (Å²) in [6.07, 6.45) is 0. The molecule has 4 nitrogen and oxygen atoms in total. The average molecular weight is 362 g/mol. The maximum Gasteiger partial charge on any atom is 0.647 e. The summed E-state index contributed by atoms with van der Waals surface area (Å²) in [5.41, 5.74) is 0. The molecule has 0 N–H and O–H groups in total. The molecule has 0 aliphatic carbocycles. The van der Waals surface area contributed by atoms with Crippen LogP contribution in [0, 0.1) is 11.6 Å². The van der Waals surface area contributed by atoms with Crippen LogP contribution in [0.3, 0.4) is 0 Å². The van der Waals surface area contributed by atoms with Crippen molar-refractivity contribution in [3.05, 3.63) is 90.5 Å². The van der Waals surface area contributed by atoms with Gasteiger partial charge in [-0.05, 0) is 24.3 Å². The van der Waals surface area contributed by atoms with Crippen LogP contribution in [0.5, 0.6) is 17.2 Å². The number of rotatable bonds is 6. The topological polar surface area (TPSA) is 44.8 Å². The van der Waals surface area contributed by atoms with Crippen LogP contribution in [0.15, 0.2) is 78.9 Å². The molecule has 128 valence electrons. The second-order valence-electron chi connectivity index (χ2n) is 4.95. The van der Waals surface area contributed by atoms with E-state index in [1.165, 1.54) is 0 Å². The maximum atomic E-state index is 13.4. The Labute approximate surface area is 143 Å². The molecule has 3 rings (SSSR count). The van der Waals surface area contributed by atoms with E-state index < -0.39 is 19.5 Å². The number of benzene rings is 3. The Bertz CT molecular complexity index is 822. The van der Waals surface area contributed by atoms with Gasteiger partial charge < -0.3 is 13.6 Å². The van der Waals surface area contributed by atoms with E-state index in [-0.39, 0.29) is 17.2 Å². The Balaban J connectivity index is 1.91. The number of hydrogen-bond acceptors (Lipinski definition) is 4. The molecule has 0 saturated heterocycles. The lowest BCUT2D eigenvalue weighted by molar-refractivity contribution is 0.297. The number of halogens is 2. The molecule has 3 aromatic carbocycles. The first kappa shape index (κ1) is 17.0. The number of phosphoric acid groups is 1. The summed E-state index contributed by atoms with van der Waals surface area (Å²) in [6, 6.07) is 18.8. The molecule has 0 atom stereocenters. The average Bonchev–Trinajstić information content (AvgIpc) is 2.55. The first-order chi connectivity index (χ1) is 12.0.